The van der Waals surface area contributed by atoms with Crippen molar-refractivity contribution in [1.29, 1.82) is 0 Å². The van der Waals surface area contributed by atoms with E-state index in [0.29, 0.717) is 0 Å². The first-order valence-corrected chi connectivity index (χ1v) is 15.8. The maximum Gasteiger partial charge on any atom is 0.144 e. The molecule has 10 aromatic rings. The summed E-state index contributed by atoms with van der Waals surface area (Å²) in [6, 6.07) is 48.7. The van der Waals surface area contributed by atoms with Gasteiger partial charge in [-0.05, 0) is 64.0 Å². The smallest absolute Gasteiger partial charge is 0.144 e. The van der Waals surface area contributed by atoms with E-state index in [1.165, 1.54) is 0 Å². The Hall–Kier alpha value is -6.39. The quantitative estimate of drug-likeness (QED) is 0.150. The lowest BCUT2D eigenvalue weighted by Crippen LogP contribution is -1.96. The van der Waals surface area contributed by atoms with E-state index in [2.05, 4.69) is 120 Å². The van der Waals surface area contributed by atoms with E-state index in [0.717, 1.165) is 98.9 Å². The molecule has 0 N–H and O–H groups in total. The predicted molar refractivity (Wildman–Crippen MR) is 193 cm³/mol. The van der Waals surface area contributed by atoms with Crippen LogP contribution in [0.4, 0.5) is 0 Å². The van der Waals surface area contributed by atoms with Crippen LogP contribution in [0.5, 0.6) is 0 Å². The highest BCUT2D eigenvalue weighted by Crippen LogP contribution is 2.47. The lowest BCUT2D eigenvalue weighted by molar-refractivity contribution is 0.673. The minimum Gasteiger partial charge on any atom is -0.455 e. The van der Waals surface area contributed by atoms with Crippen LogP contribution in [0.25, 0.3) is 98.9 Å². The van der Waals surface area contributed by atoms with Crippen LogP contribution in [-0.2, 0) is 0 Å². The fourth-order valence-corrected chi connectivity index (χ4v) is 7.32. The van der Waals surface area contributed by atoms with Gasteiger partial charge < -0.3 is 4.42 Å². The molecular weight excluding hydrogens is 574 g/mol. The van der Waals surface area contributed by atoms with Crippen LogP contribution in [0.2, 0.25) is 0 Å². The van der Waals surface area contributed by atoms with Gasteiger partial charge in [0.05, 0.1) is 22.6 Å². The van der Waals surface area contributed by atoms with Crippen molar-refractivity contribution in [2.75, 3.05) is 0 Å². The van der Waals surface area contributed by atoms with Gasteiger partial charge in [0.2, 0.25) is 0 Å². The number of fused-ring (bicyclic) bond motifs is 9. The highest BCUT2D eigenvalue weighted by Gasteiger charge is 2.22. The standard InChI is InChI=1S/C43H25N3O/c1-3-13-30-28(11-1)39(37-18-9-17-35(45-37)26-22-24-44-25-23-26)29-12-2-4-14-31(29)40(30)42-34-21-20-32-27-10-6-8-19-38(27)47-43(32)41(34)33-15-5-7-16-36(33)46-42/h1-25H. The molecule has 0 aliphatic carbocycles. The first kappa shape index (κ1) is 25.9. The molecule has 0 aliphatic rings. The molecule has 0 spiro atoms. The Balaban J connectivity index is 1.34. The molecule has 4 heteroatoms. The normalized spacial score (nSPS) is 11.8. The maximum absolute atomic E-state index is 6.62. The molecule has 218 valence electrons. The molecule has 6 aromatic carbocycles. The summed E-state index contributed by atoms with van der Waals surface area (Å²) in [4.78, 5) is 14.8. The zero-order chi connectivity index (χ0) is 30.9. The Labute approximate surface area is 269 Å². The highest BCUT2D eigenvalue weighted by atomic mass is 16.3. The Morgan fingerprint density at radius 1 is 0.404 bits per heavy atom. The molecular formula is C43H25N3O. The van der Waals surface area contributed by atoms with E-state index in [9.17, 15) is 0 Å². The summed E-state index contributed by atoms with van der Waals surface area (Å²) >= 11 is 0. The van der Waals surface area contributed by atoms with Crippen molar-refractivity contribution in [3.8, 4) is 33.8 Å². The van der Waals surface area contributed by atoms with Crippen molar-refractivity contribution >= 4 is 65.2 Å². The molecule has 4 nitrogen and oxygen atoms in total. The third kappa shape index (κ3) is 3.85. The first-order valence-electron chi connectivity index (χ1n) is 15.8. The number of para-hydroxylation sites is 2. The molecule has 0 saturated carbocycles. The van der Waals surface area contributed by atoms with Gasteiger partial charge in [-0.1, -0.05) is 97.1 Å². The number of rotatable bonds is 3. The summed E-state index contributed by atoms with van der Waals surface area (Å²) in [5.74, 6) is 0. The van der Waals surface area contributed by atoms with E-state index in [-0.39, 0.29) is 0 Å². The van der Waals surface area contributed by atoms with E-state index in [1.54, 1.807) is 0 Å². The fraction of sp³-hybridized carbons (Fsp3) is 0. The Kier molecular flexibility index (Phi) is 5.54. The van der Waals surface area contributed by atoms with E-state index in [4.69, 9.17) is 14.4 Å². The monoisotopic (exact) mass is 599 g/mol. The predicted octanol–water partition coefficient (Wildman–Crippen LogP) is 11.4. The minimum absolute atomic E-state index is 0.888. The molecule has 4 aromatic heterocycles. The molecule has 0 bridgehead atoms. The Morgan fingerprint density at radius 3 is 1.74 bits per heavy atom. The summed E-state index contributed by atoms with van der Waals surface area (Å²) < 4.78 is 6.62. The molecule has 0 amide bonds. The van der Waals surface area contributed by atoms with Gasteiger partial charge in [0, 0.05) is 56.0 Å². The molecule has 0 saturated heterocycles. The van der Waals surface area contributed by atoms with Gasteiger partial charge in [0.1, 0.15) is 11.2 Å². The third-order valence-electron chi connectivity index (χ3n) is 9.36. The summed E-state index contributed by atoms with van der Waals surface area (Å²) in [7, 11) is 0. The maximum atomic E-state index is 6.62. The lowest BCUT2D eigenvalue weighted by atomic mass is 9.87. The van der Waals surface area contributed by atoms with E-state index in [1.807, 2.05) is 36.7 Å². The largest absolute Gasteiger partial charge is 0.455 e. The van der Waals surface area contributed by atoms with Crippen LogP contribution in [0.1, 0.15) is 0 Å². The number of hydrogen-bond acceptors (Lipinski definition) is 4. The summed E-state index contributed by atoms with van der Waals surface area (Å²) in [6.07, 6.45) is 3.62. The number of benzene rings is 6. The molecule has 0 fully saturated rings. The third-order valence-corrected chi connectivity index (χ3v) is 9.36. The van der Waals surface area contributed by atoms with Gasteiger partial charge in [-0.2, -0.15) is 0 Å². The van der Waals surface area contributed by atoms with Gasteiger partial charge in [-0.15, -0.1) is 0 Å². The molecule has 0 aliphatic heterocycles. The number of furan rings is 1. The van der Waals surface area contributed by atoms with Crippen LogP contribution in [0.15, 0.2) is 156 Å². The van der Waals surface area contributed by atoms with Crippen LogP contribution in [-0.4, -0.2) is 15.0 Å². The van der Waals surface area contributed by atoms with Gasteiger partial charge in [-0.3, -0.25) is 4.98 Å². The van der Waals surface area contributed by atoms with Crippen LogP contribution in [0, 0.1) is 0 Å². The van der Waals surface area contributed by atoms with Crippen molar-refractivity contribution in [2.45, 2.75) is 0 Å². The van der Waals surface area contributed by atoms with E-state index < -0.39 is 0 Å². The second-order valence-electron chi connectivity index (χ2n) is 11.9. The van der Waals surface area contributed by atoms with Crippen LogP contribution >= 0.6 is 0 Å². The van der Waals surface area contributed by atoms with Gasteiger partial charge in [0.15, 0.2) is 0 Å². The number of hydrogen-bond donors (Lipinski definition) is 0. The topological polar surface area (TPSA) is 51.8 Å². The van der Waals surface area contributed by atoms with Crippen molar-refractivity contribution in [3.63, 3.8) is 0 Å². The van der Waals surface area contributed by atoms with Gasteiger partial charge in [0.25, 0.3) is 0 Å². The molecule has 10 rings (SSSR count). The summed E-state index contributed by atoms with van der Waals surface area (Å²) in [5, 5.41) is 9.99. The number of aromatic nitrogens is 3. The lowest BCUT2D eigenvalue weighted by Gasteiger charge is -2.19. The van der Waals surface area contributed by atoms with Crippen molar-refractivity contribution in [2.24, 2.45) is 0 Å². The van der Waals surface area contributed by atoms with Crippen molar-refractivity contribution in [3.05, 3.63) is 152 Å². The summed E-state index contributed by atoms with van der Waals surface area (Å²) in [6.45, 7) is 0. The van der Waals surface area contributed by atoms with Crippen molar-refractivity contribution in [1.82, 2.24) is 15.0 Å². The van der Waals surface area contributed by atoms with Gasteiger partial charge >= 0.3 is 0 Å². The molecule has 4 heterocycles. The zero-order valence-electron chi connectivity index (χ0n) is 25.2. The first-order chi connectivity index (χ1) is 23.3. The number of nitrogens with zero attached hydrogens (tertiary/aromatic N) is 3. The highest BCUT2D eigenvalue weighted by molar-refractivity contribution is 6.28. The van der Waals surface area contributed by atoms with E-state index >= 15 is 0 Å². The zero-order valence-corrected chi connectivity index (χ0v) is 25.2. The Bertz CT molecular complexity index is 2800. The summed E-state index contributed by atoms with van der Waals surface area (Å²) in [5.41, 5.74) is 8.76. The minimum atomic E-state index is 0.888. The molecule has 47 heavy (non-hydrogen) atoms. The molecule has 0 unspecified atom stereocenters. The second-order valence-corrected chi connectivity index (χ2v) is 11.9. The molecule has 0 radical (unpaired) electrons. The average molecular weight is 600 g/mol. The van der Waals surface area contributed by atoms with Gasteiger partial charge in [-0.25, -0.2) is 9.97 Å². The fourth-order valence-electron chi connectivity index (χ4n) is 7.32. The SMILES string of the molecule is c1cc(-c2ccncc2)nc(-c2c3ccccc3c(-c3nc4ccccc4c4c3ccc3c5ccccc5oc34)c3ccccc23)c1. The Morgan fingerprint density at radius 2 is 1.00 bits per heavy atom. The number of pyridine rings is 3. The average Bonchev–Trinajstić information content (AvgIpc) is 3.53. The van der Waals surface area contributed by atoms with Crippen LogP contribution in [0.3, 0.4) is 0 Å². The van der Waals surface area contributed by atoms with Crippen molar-refractivity contribution < 1.29 is 4.42 Å². The van der Waals surface area contributed by atoms with Crippen LogP contribution < -0.4 is 0 Å². The molecule has 0 atom stereocenters. The second kappa shape index (κ2) is 10.1.